The van der Waals surface area contributed by atoms with Gasteiger partial charge < -0.3 is 5.11 Å². The molecule has 1 heterocycles. The molecule has 0 N–H and O–H groups in total. The standard InChI is InChI=1S/C10H6N2O.Li/c11-6-8-5-4-7-2-1-3-9(13)10(7)12-8;/h1-5,13H;/q;+1/p-1. The number of rotatable bonds is 0. The second kappa shape index (κ2) is 4.15. The maximum atomic E-state index is 11.3. The number of fused-ring (bicyclic) bond motifs is 1. The van der Waals surface area contributed by atoms with Crippen LogP contribution in [0.25, 0.3) is 10.9 Å². The van der Waals surface area contributed by atoms with Crippen LogP contribution in [0.2, 0.25) is 0 Å². The third-order valence-corrected chi connectivity index (χ3v) is 1.80. The molecule has 1 aromatic carbocycles. The maximum Gasteiger partial charge on any atom is 1.00 e. The molecule has 14 heavy (non-hydrogen) atoms. The van der Waals surface area contributed by atoms with Gasteiger partial charge in [0.1, 0.15) is 11.8 Å². The Morgan fingerprint density at radius 3 is 2.71 bits per heavy atom. The zero-order chi connectivity index (χ0) is 9.26. The van der Waals surface area contributed by atoms with E-state index in [1.54, 1.807) is 24.3 Å². The smallest absolute Gasteiger partial charge is 0.871 e. The number of benzene rings is 1. The van der Waals surface area contributed by atoms with Crippen molar-refractivity contribution in [2.45, 2.75) is 0 Å². The molecule has 2 rings (SSSR count). The number of aromatic nitrogens is 1. The van der Waals surface area contributed by atoms with Gasteiger partial charge in [-0.2, -0.15) is 5.26 Å². The van der Waals surface area contributed by atoms with Crippen LogP contribution in [-0.4, -0.2) is 4.98 Å². The molecule has 0 aliphatic heterocycles. The summed E-state index contributed by atoms with van der Waals surface area (Å²) < 4.78 is 0. The van der Waals surface area contributed by atoms with Crippen LogP contribution >= 0.6 is 0 Å². The average Bonchev–Trinajstić information content (AvgIpc) is 2.18. The van der Waals surface area contributed by atoms with Crippen LogP contribution in [0.3, 0.4) is 0 Å². The zero-order valence-corrected chi connectivity index (χ0v) is 7.69. The Morgan fingerprint density at radius 1 is 1.21 bits per heavy atom. The molecule has 0 aliphatic rings. The molecule has 0 amide bonds. The molecular weight excluding hydrogens is 171 g/mol. The molecule has 0 saturated carbocycles. The topological polar surface area (TPSA) is 59.7 Å². The summed E-state index contributed by atoms with van der Waals surface area (Å²) in [7, 11) is 0. The Balaban J connectivity index is 0.000000980. The number of nitrogens with zero attached hydrogens (tertiary/aromatic N) is 2. The largest absolute Gasteiger partial charge is 1.00 e. The minimum atomic E-state index is -0.144. The SMILES string of the molecule is N#Cc1ccc2cccc([O-])c2n1.[Li+]. The van der Waals surface area contributed by atoms with Crippen molar-refractivity contribution < 1.29 is 24.0 Å². The van der Waals surface area contributed by atoms with Crippen LogP contribution in [0.5, 0.6) is 5.75 Å². The minimum absolute atomic E-state index is 0. The van der Waals surface area contributed by atoms with Crippen molar-refractivity contribution >= 4 is 10.9 Å². The van der Waals surface area contributed by atoms with Crippen molar-refractivity contribution in [3.8, 4) is 11.8 Å². The number of nitriles is 1. The number of para-hydroxylation sites is 1. The number of pyridine rings is 1. The third kappa shape index (κ3) is 1.72. The van der Waals surface area contributed by atoms with Crippen molar-refractivity contribution in [2.24, 2.45) is 0 Å². The van der Waals surface area contributed by atoms with E-state index in [9.17, 15) is 5.11 Å². The van der Waals surface area contributed by atoms with Gasteiger partial charge in [-0.1, -0.05) is 23.9 Å². The van der Waals surface area contributed by atoms with Crippen molar-refractivity contribution in [1.29, 1.82) is 5.26 Å². The summed E-state index contributed by atoms with van der Waals surface area (Å²) in [6.45, 7) is 0. The van der Waals surface area contributed by atoms with Crippen molar-refractivity contribution in [2.75, 3.05) is 0 Å². The first-order valence-corrected chi connectivity index (χ1v) is 3.78. The zero-order valence-electron chi connectivity index (χ0n) is 7.69. The van der Waals surface area contributed by atoms with E-state index in [4.69, 9.17) is 5.26 Å². The first-order valence-electron chi connectivity index (χ1n) is 3.78. The van der Waals surface area contributed by atoms with E-state index in [-0.39, 0.29) is 30.3 Å². The molecule has 1 aromatic heterocycles. The van der Waals surface area contributed by atoms with Gasteiger partial charge in [0.2, 0.25) is 0 Å². The minimum Gasteiger partial charge on any atom is -0.871 e. The molecule has 0 bridgehead atoms. The molecular formula is C10H5LiN2O. The first-order chi connectivity index (χ1) is 6.31. The van der Waals surface area contributed by atoms with Gasteiger partial charge in [-0.3, -0.25) is 0 Å². The predicted molar refractivity (Wildman–Crippen MR) is 45.9 cm³/mol. The van der Waals surface area contributed by atoms with Gasteiger partial charge >= 0.3 is 18.9 Å². The van der Waals surface area contributed by atoms with Gasteiger partial charge in [0.15, 0.2) is 0 Å². The molecule has 0 aliphatic carbocycles. The van der Waals surface area contributed by atoms with Crippen LogP contribution in [-0.2, 0) is 0 Å². The maximum absolute atomic E-state index is 11.3. The summed E-state index contributed by atoms with van der Waals surface area (Å²) in [6, 6.07) is 10.1. The number of hydrogen-bond acceptors (Lipinski definition) is 3. The normalized spacial score (nSPS) is 9.07. The molecule has 62 valence electrons. The van der Waals surface area contributed by atoms with Gasteiger partial charge in [-0.05, 0) is 17.5 Å². The Morgan fingerprint density at radius 2 is 2.00 bits per heavy atom. The van der Waals surface area contributed by atoms with E-state index in [0.717, 1.165) is 5.39 Å². The molecule has 0 radical (unpaired) electrons. The van der Waals surface area contributed by atoms with E-state index < -0.39 is 0 Å². The Hall–Kier alpha value is -1.48. The van der Waals surface area contributed by atoms with Crippen LogP contribution in [0.4, 0.5) is 0 Å². The van der Waals surface area contributed by atoms with Crippen LogP contribution in [0.1, 0.15) is 5.69 Å². The van der Waals surface area contributed by atoms with Crippen molar-refractivity contribution in [3.05, 3.63) is 36.0 Å². The van der Waals surface area contributed by atoms with Gasteiger partial charge in [0, 0.05) is 0 Å². The Labute approximate surface area is 93.2 Å². The first kappa shape index (κ1) is 10.6. The molecule has 0 atom stereocenters. The fraction of sp³-hybridized carbons (Fsp3) is 0. The second-order valence-electron chi connectivity index (χ2n) is 2.64. The number of hydrogen-bond donors (Lipinski definition) is 0. The summed E-state index contributed by atoms with van der Waals surface area (Å²) in [5.41, 5.74) is 0.636. The Kier molecular flexibility index (Phi) is 3.14. The molecule has 0 fully saturated rings. The van der Waals surface area contributed by atoms with Crippen molar-refractivity contribution in [1.82, 2.24) is 4.98 Å². The van der Waals surface area contributed by atoms with E-state index in [1.165, 1.54) is 6.07 Å². The molecule has 0 saturated heterocycles. The summed E-state index contributed by atoms with van der Waals surface area (Å²) in [6.07, 6.45) is 0. The molecule has 0 unspecified atom stereocenters. The van der Waals surface area contributed by atoms with E-state index in [2.05, 4.69) is 4.98 Å². The summed E-state index contributed by atoms with van der Waals surface area (Å²) in [4.78, 5) is 3.92. The molecule has 2 aromatic rings. The molecule has 0 spiro atoms. The summed E-state index contributed by atoms with van der Waals surface area (Å²) in [5, 5.41) is 20.6. The molecule has 4 heteroatoms. The molecule has 3 nitrogen and oxygen atoms in total. The summed E-state index contributed by atoms with van der Waals surface area (Å²) in [5.74, 6) is -0.144. The van der Waals surface area contributed by atoms with Crippen LogP contribution < -0.4 is 24.0 Å². The van der Waals surface area contributed by atoms with Gasteiger partial charge in [-0.25, -0.2) is 4.98 Å². The van der Waals surface area contributed by atoms with Crippen molar-refractivity contribution in [3.63, 3.8) is 0 Å². The summed E-state index contributed by atoms with van der Waals surface area (Å²) >= 11 is 0. The predicted octanol–water partition coefficient (Wildman–Crippen LogP) is -1.82. The Bertz CT molecular complexity index is 505. The van der Waals surface area contributed by atoms with Crippen LogP contribution in [0.15, 0.2) is 30.3 Å². The van der Waals surface area contributed by atoms with Crippen LogP contribution in [0, 0.1) is 11.3 Å². The fourth-order valence-electron chi connectivity index (χ4n) is 1.18. The quantitative estimate of drug-likeness (QED) is 0.444. The van der Waals surface area contributed by atoms with E-state index in [1.807, 2.05) is 6.07 Å². The fourth-order valence-corrected chi connectivity index (χ4v) is 1.18. The van der Waals surface area contributed by atoms with E-state index >= 15 is 0 Å². The third-order valence-electron chi connectivity index (χ3n) is 1.80. The second-order valence-corrected chi connectivity index (χ2v) is 2.64. The average molecular weight is 176 g/mol. The monoisotopic (exact) mass is 176 g/mol. The van der Waals surface area contributed by atoms with Gasteiger partial charge in [-0.15, -0.1) is 0 Å². The van der Waals surface area contributed by atoms with Gasteiger partial charge in [0.05, 0.1) is 5.52 Å². The van der Waals surface area contributed by atoms with E-state index in [0.29, 0.717) is 5.52 Å². The van der Waals surface area contributed by atoms with Gasteiger partial charge in [0.25, 0.3) is 0 Å².